The second-order valence-corrected chi connectivity index (χ2v) is 2.04. The van der Waals surface area contributed by atoms with E-state index in [1.807, 2.05) is 13.8 Å². The highest BCUT2D eigenvalue weighted by molar-refractivity contribution is 7.80. The van der Waals surface area contributed by atoms with Gasteiger partial charge in [0.25, 0.3) is 0 Å². The number of thiocarbonyl (C=S) groups is 1. The third-order valence-corrected chi connectivity index (χ3v) is 1.01. The molecule has 0 rings (SSSR count). The van der Waals surface area contributed by atoms with Crippen molar-refractivity contribution in [2.75, 3.05) is 0 Å². The first-order chi connectivity index (χ1) is 2.64. The van der Waals surface area contributed by atoms with Crippen LogP contribution in [0.3, 0.4) is 0 Å². The molecule has 0 aromatic heterocycles. The Labute approximate surface area is 45.3 Å². The van der Waals surface area contributed by atoms with E-state index in [4.69, 9.17) is 20.1 Å². The maximum atomic E-state index is 5.29. The van der Waals surface area contributed by atoms with Crippen molar-refractivity contribution >= 4 is 24.9 Å². The lowest BCUT2D eigenvalue weighted by molar-refractivity contribution is 1.29. The summed E-state index contributed by atoms with van der Waals surface area (Å²) in [5.74, 6) is 0.0833. The van der Waals surface area contributed by atoms with Gasteiger partial charge in [0.2, 0.25) is 0 Å². The highest BCUT2D eigenvalue weighted by Gasteiger charge is 1.89. The molecule has 0 saturated carbocycles. The summed E-state index contributed by atoms with van der Waals surface area (Å²) in [6.07, 6.45) is 0. The first-order valence-corrected chi connectivity index (χ1v) is 2.31. The van der Waals surface area contributed by atoms with E-state index < -0.39 is 0 Å². The molecule has 32 valence electrons. The van der Waals surface area contributed by atoms with Crippen LogP contribution in [-0.4, -0.2) is 12.7 Å². The highest BCUT2D eigenvalue weighted by Crippen LogP contribution is 1.96. The van der Waals surface area contributed by atoms with Crippen LogP contribution in [-0.2, 0) is 0 Å². The molecule has 1 atom stereocenters. The zero-order valence-electron chi connectivity index (χ0n) is 4.06. The van der Waals surface area contributed by atoms with Crippen LogP contribution in [0.5, 0.6) is 0 Å². The zero-order chi connectivity index (χ0) is 5.15. The Kier molecular flexibility index (Phi) is 2.41. The Morgan fingerprint density at radius 3 is 2.00 bits per heavy atom. The van der Waals surface area contributed by atoms with Crippen LogP contribution in [0.15, 0.2) is 0 Å². The van der Waals surface area contributed by atoms with E-state index in [9.17, 15) is 0 Å². The minimum absolute atomic E-state index is 0.0833. The second-order valence-electron chi connectivity index (χ2n) is 1.40. The van der Waals surface area contributed by atoms with Crippen LogP contribution in [0.2, 0.25) is 5.82 Å². The lowest BCUT2D eigenvalue weighted by atomic mass is 9.87. The molecule has 0 amide bonds. The summed E-state index contributed by atoms with van der Waals surface area (Å²) in [7, 11) is 5.29. The van der Waals surface area contributed by atoms with Gasteiger partial charge in [0, 0.05) is 0 Å². The number of hydrogen-bond donors (Lipinski definition) is 0. The van der Waals surface area contributed by atoms with E-state index in [0.717, 1.165) is 4.86 Å². The fourth-order valence-electron chi connectivity index (χ4n) is 0. The molecule has 6 heavy (non-hydrogen) atoms. The normalized spacial score (nSPS) is 13.7. The van der Waals surface area contributed by atoms with Gasteiger partial charge in [-0.25, -0.2) is 0 Å². The summed E-state index contributed by atoms with van der Waals surface area (Å²) in [5, 5.41) is 0. The van der Waals surface area contributed by atoms with E-state index in [-0.39, 0.29) is 5.82 Å². The molecule has 1 unspecified atom stereocenters. The van der Waals surface area contributed by atoms with Gasteiger partial charge in [-0.2, -0.15) is 0 Å². The van der Waals surface area contributed by atoms with Gasteiger partial charge in [-0.1, -0.05) is 19.1 Å². The molecule has 0 aliphatic carbocycles. The van der Waals surface area contributed by atoms with Crippen molar-refractivity contribution in [3.8, 4) is 0 Å². The van der Waals surface area contributed by atoms with Gasteiger partial charge in [0.1, 0.15) is 0 Å². The molecule has 2 heteroatoms. The Bertz CT molecular complexity index is 58.6. The van der Waals surface area contributed by atoms with Crippen molar-refractivity contribution in [1.29, 1.82) is 0 Å². The number of rotatable bonds is 1. The van der Waals surface area contributed by atoms with Gasteiger partial charge in [-0.15, -0.1) is 0 Å². The highest BCUT2D eigenvalue weighted by atomic mass is 32.1. The van der Waals surface area contributed by atoms with E-state index in [1.165, 1.54) is 0 Å². The van der Waals surface area contributed by atoms with Crippen LogP contribution in [0.4, 0.5) is 0 Å². The van der Waals surface area contributed by atoms with Crippen LogP contribution in [0, 0.1) is 0 Å². The second kappa shape index (κ2) is 2.35. The van der Waals surface area contributed by atoms with Gasteiger partial charge in [0.05, 0.1) is 7.85 Å². The summed E-state index contributed by atoms with van der Waals surface area (Å²) in [6, 6.07) is 0. The van der Waals surface area contributed by atoms with E-state index in [1.54, 1.807) is 0 Å². The molecule has 0 fully saturated rings. The topological polar surface area (TPSA) is 0 Å². The summed E-state index contributed by atoms with van der Waals surface area (Å²) in [4.78, 5) is 0.870. The predicted molar refractivity (Wildman–Crippen MR) is 33.4 cm³/mol. The quantitative estimate of drug-likeness (QED) is 0.352. The minimum Gasteiger partial charge on any atom is -0.0905 e. The van der Waals surface area contributed by atoms with Gasteiger partial charge in [-0.3, -0.25) is 0 Å². The standard InChI is InChI=1S/C4H7BS/c1-3(5)4(2)6/h3H,1-2H3. The van der Waals surface area contributed by atoms with Gasteiger partial charge in [-0.05, 0) is 17.6 Å². The van der Waals surface area contributed by atoms with E-state index >= 15 is 0 Å². The van der Waals surface area contributed by atoms with Gasteiger partial charge in [0.15, 0.2) is 0 Å². The molecular weight excluding hydrogens is 90.9 g/mol. The summed E-state index contributed by atoms with van der Waals surface area (Å²) in [5.41, 5.74) is 0. The Morgan fingerprint density at radius 1 is 1.83 bits per heavy atom. The third kappa shape index (κ3) is 2.40. The molecule has 0 bridgehead atoms. The first-order valence-electron chi connectivity index (χ1n) is 1.90. The van der Waals surface area contributed by atoms with Crippen molar-refractivity contribution < 1.29 is 0 Å². The molecule has 0 spiro atoms. The van der Waals surface area contributed by atoms with E-state index in [0.29, 0.717) is 0 Å². The molecule has 0 heterocycles. The molecule has 2 radical (unpaired) electrons. The molecule has 0 aromatic rings. The van der Waals surface area contributed by atoms with Crippen molar-refractivity contribution in [3.63, 3.8) is 0 Å². The average Bonchev–Trinajstić information content (AvgIpc) is 1.36. The van der Waals surface area contributed by atoms with E-state index in [2.05, 4.69) is 0 Å². The largest absolute Gasteiger partial charge is 0.0905 e. The molecule has 0 aromatic carbocycles. The number of hydrogen-bond acceptors (Lipinski definition) is 1. The lowest BCUT2D eigenvalue weighted by Crippen LogP contribution is -1.93. The zero-order valence-corrected chi connectivity index (χ0v) is 4.88. The molecule has 0 saturated heterocycles. The molecule has 0 nitrogen and oxygen atoms in total. The van der Waals surface area contributed by atoms with Crippen molar-refractivity contribution in [3.05, 3.63) is 0 Å². The Balaban J connectivity index is 3.26. The molecule has 0 N–H and O–H groups in total. The summed E-state index contributed by atoms with van der Waals surface area (Å²) >= 11 is 4.69. The van der Waals surface area contributed by atoms with Gasteiger partial charge >= 0.3 is 0 Å². The van der Waals surface area contributed by atoms with Crippen molar-refractivity contribution in [1.82, 2.24) is 0 Å². The average molecular weight is 98.0 g/mol. The summed E-state index contributed by atoms with van der Waals surface area (Å²) in [6.45, 7) is 3.72. The fourth-order valence-corrected chi connectivity index (χ4v) is 0. The molecule has 0 aliphatic rings. The van der Waals surface area contributed by atoms with Crippen molar-refractivity contribution in [2.24, 2.45) is 0 Å². The minimum atomic E-state index is 0.0833. The summed E-state index contributed by atoms with van der Waals surface area (Å²) < 4.78 is 0. The first kappa shape index (κ1) is 6.15. The Hall–Kier alpha value is 0.155. The van der Waals surface area contributed by atoms with Crippen LogP contribution in [0.1, 0.15) is 13.8 Å². The van der Waals surface area contributed by atoms with Crippen LogP contribution in [0.25, 0.3) is 0 Å². The molecular formula is C4H7BS. The van der Waals surface area contributed by atoms with Gasteiger partial charge < -0.3 is 0 Å². The third-order valence-electron chi connectivity index (χ3n) is 0.641. The van der Waals surface area contributed by atoms with Crippen LogP contribution < -0.4 is 0 Å². The maximum absolute atomic E-state index is 5.29. The lowest BCUT2D eigenvalue weighted by Gasteiger charge is -1.95. The predicted octanol–water partition coefficient (Wildman–Crippen LogP) is 1.35. The monoisotopic (exact) mass is 98.0 g/mol. The smallest absolute Gasteiger partial charge is 0.0766 e. The SMILES string of the molecule is [B]C(C)C(C)=S. The van der Waals surface area contributed by atoms with Crippen molar-refractivity contribution in [2.45, 2.75) is 19.7 Å². The molecule has 0 aliphatic heterocycles. The fraction of sp³-hybridized carbons (Fsp3) is 0.750. The maximum Gasteiger partial charge on any atom is 0.0766 e. The Morgan fingerprint density at radius 2 is 2.00 bits per heavy atom. The van der Waals surface area contributed by atoms with Crippen LogP contribution >= 0.6 is 12.2 Å².